The molecular formula is C27H21FN4O3. The maximum absolute atomic E-state index is 13.7. The normalized spacial score (nSPS) is 17.2. The number of carbonyl (C=O) groups is 2. The molecule has 0 bridgehead atoms. The number of pyridine rings is 1. The summed E-state index contributed by atoms with van der Waals surface area (Å²) in [7, 11) is 0. The van der Waals surface area contributed by atoms with Gasteiger partial charge in [0.2, 0.25) is 0 Å². The highest BCUT2D eigenvalue weighted by Crippen LogP contribution is 2.40. The first-order valence-electron chi connectivity index (χ1n) is 11.0. The fourth-order valence-corrected chi connectivity index (χ4v) is 4.34. The highest BCUT2D eigenvalue weighted by atomic mass is 19.1. The van der Waals surface area contributed by atoms with E-state index in [-0.39, 0.29) is 17.9 Å². The predicted molar refractivity (Wildman–Crippen MR) is 127 cm³/mol. The number of aromatic nitrogens is 3. The summed E-state index contributed by atoms with van der Waals surface area (Å²) in [6.45, 7) is 1.87. The molecule has 7 nitrogen and oxygen atoms in total. The molecule has 0 aliphatic carbocycles. The van der Waals surface area contributed by atoms with E-state index in [9.17, 15) is 19.1 Å². The Hall–Kier alpha value is -4.59. The number of aliphatic hydroxyl groups excluding tert-OH is 1. The molecular weight excluding hydrogens is 447 g/mol. The summed E-state index contributed by atoms with van der Waals surface area (Å²) in [5, 5.41) is 15.7. The second-order valence-corrected chi connectivity index (χ2v) is 8.23. The van der Waals surface area contributed by atoms with E-state index in [4.69, 9.17) is 0 Å². The van der Waals surface area contributed by atoms with Crippen LogP contribution in [0.25, 0.3) is 11.4 Å². The van der Waals surface area contributed by atoms with Gasteiger partial charge in [0.1, 0.15) is 11.6 Å². The molecule has 2 aromatic carbocycles. The van der Waals surface area contributed by atoms with Crippen LogP contribution in [0.5, 0.6) is 0 Å². The minimum absolute atomic E-state index is 0.0683. The molecule has 0 saturated carbocycles. The van der Waals surface area contributed by atoms with E-state index in [0.717, 1.165) is 11.3 Å². The summed E-state index contributed by atoms with van der Waals surface area (Å²) in [6, 6.07) is 17.5. The van der Waals surface area contributed by atoms with Crippen LogP contribution in [-0.2, 0) is 16.1 Å². The molecule has 174 valence electrons. The van der Waals surface area contributed by atoms with Crippen molar-refractivity contribution in [1.29, 1.82) is 0 Å². The van der Waals surface area contributed by atoms with Gasteiger partial charge in [-0.3, -0.25) is 14.6 Å². The van der Waals surface area contributed by atoms with Crippen molar-refractivity contribution in [1.82, 2.24) is 19.7 Å². The smallest absolute Gasteiger partial charge is 0.295 e. The summed E-state index contributed by atoms with van der Waals surface area (Å²) in [4.78, 5) is 31.8. The number of carbonyl (C=O) groups excluding carboxylic acids is 2. The number of halogens is 1. The maximum Gasteiger partial charge on any atom is 0.295 e. The third kappa shape index (κ3) is 3.99. The van der Waals surface area contributed by atoms with Crippen LogP contribution in [0.1, 0.15) is 28.4 Å². The first-order valence-corrected chi connectivity index (χ1v) is 11.0. The molecule has 1 atom stereocenters. The SMILES string of the molecule is Cc1c(C(O)=C2C(=O)C(=O)N(Cc3cccnc3)C2c2ccc(F)cc2)cnn1-c1ccccc1. The monoisotopic (exact) mass is 468 g/mol. The minimum atomic E-state index is -0.907. The lowest BCUT2D eigenvalue weighted by Crippen LogP contribution is -2.29. The molecule has 1 amide bonds. The topological polar surface area (TPSA) is 88.3 Å². The van der Waals surface area contributed by atoms with Gasteiger partial charge in [-0.1, -0.05) is 36.4 Å². The number of rotatable bonds is 5. The number of para-hydroxylation sites is 1. The van der Waals surface area contributed by atoms with Crippen LogP contribution in [0.2, 0.25) is 0 Å². The van der Waals surface area contributed by atoms with Crippen LogP contribution in [0.3, 0.4) is 0 Å². The molecule has 4 aromatic rings. The Bertz CT molecular complexity index is 1430. The number of hydrogen-bond donors (Lipinski definition) is 1. The van der Waals surface area contributed by atoms with E-state index >= 15 is 0 Å². The molecule has 1 unspecified atom stereocenters. The van der Waals surface area contributed by atoms with Crippen molar-refractivity contribution in [3.05, 3.63) is 119 Å². The maximum atomic E-state index is 13.7. The molecule has 35 heavy (non-hydrogen) atoms. The number of Topliss-reactive ketones (excluding diaryl/α,β-unsaturated/α-hetero) is 1. The average molecular weight is 468 g/mol. The van der Waals surface area contributed by atoms with Gasteiger partial charge in [0, 0.05) is 18.9 Å². The summed E-state index contributed by atoms with van der Waals surface area (Å²) < 4.78 is 15.3. The minimum Gasteiger partial charge on any atom is -0.507 e. The standard InChI is InChI=1S/C27H21FN4O3/c1-17-22(15-30-32(17)21-7-3-2-4-8-21)25(33)23-24(19-9-11-20(28)12-10-19)31(27(35)26(23)34)16-18-6-5-13-29-14-18/h2-15,24,33H,16H2,1H3. The zero-order valence-electron chi connectivity index (χ0n) is 18.8. The van der Waals surface area contributed by atoms with Gasteiger partial charge in [-0.25, -0.2) is 9.07 Å². The number of aliphatic hydroxyl groups is 1. The Labute approximate surface area is 200 Å². The third-order valence-corrected chi connectivity index (χ3v) is 6.07. The van der Waals surface area contributed by atoms with Crippen molar-refractivity contribution >= 4 is 17.4 Å². The Morgan fingerprint density at radius 3 is 2.43 bits per heavy atom. The molecule has 3 heterocycles. The van der Waals surface area contributed by atoms with E-state index in [1.807, 2.05) is 30.3 Å². The van der Waals surface area contributed by atoms with Gasteiger partial charge in [0.15, 0.2) is 0 Å². The number of hydrogen-bond acceptors (Lipinski definition) is 5. The zero-order valence-corrected chi connectivity index (χ0v) is 18.8. The van der Waals surface area contributed by atoms with Gasteiger partial charge >= 0.3 is 0 Å². The molecule has 2 aromatic heterocycles. The van der Waals surface area contributed by atoms with Gasteiger partial charge in [-0.2, -0.15) is 5.10 Å². The lowest BCUT2D eigenvalue weighted by Gasteiger charge is -2.25. The molecule has 1 aliphatic rings. The van der Waals surface area contributed by atoms with Gasteiger partial charge in [-0.15, -0.1) is 0 Å². The summed E-state index contributed by atoms with van der Waals surface area (Å²) in [6.07, 6.45) is 4.69. The number of amides is 1. The second-order valence-electron chi connectivity index (χ2n) is 8.23. The van der Waals surface area contributed by atoms with Crippen molar-refractivity contribution in [2.24, 2.45) is 0 Å². The fraction of sp³-hybridized carbons (Fsp3) is 0.111. The van der Waals surface area contributed by atoms with Crippen LogP contribution in [0, 0.1) is 12.7 Å². The van der Waals surface area contributed by atoms with Crippen molar-refractivity contribution in [3.8, 4) is 5.69 Å². The van der Waals surface area contributed by atoms with Crippen molar-refractivity contribution < 1.29 is 19.1 Å². The van der Waals surface area contributed by atoms with Gasteiger partial charge in [0.25, 0.3) is 11.7 Å². The molecule has 0 spiro atoms. The van der Waals surface area contributed by atoms with Gasteiger partial charge in [0.05, 0.1) is 34.8 Å². The van der Waals surface area contributed by atoms with Gasteiger partial charge < -0.3 is 10.0 Å². The van der Waals surface area contributed by atoms with Crippen LogP contribution >= 0.6 is 0 Å². The molecule has 8 heteroatoms. The molecule has 1 fully saturated rings. The van der Waals surface area contributed by atoms with E-state index in [1.165, 1.54) is 35.4 Å². The zero-order chi connectivity index (χ0) is 24.5. The van der Waals surface area contributed by atoms with E-state index < -0.39 is 23.5 Å². The van der Waals surface area contributed by atoms with E-state index in [0.29, 0.717) is 16.8 Å². The first kappa shape index (κ1) is 22.2. The lowest BCUT2D eigenvalue weighted by atomic mass is 9.95. The van der Waals surface area contributed by atoms with Crippen molar-refractivity contribution in [2.45, 2.75) is 19.5 Å². The van der Waals surface area contributed by atoms with Crippen LogP contribution in [-0.4, -0.2) is 36.5 Å². The van der Waals surface area contributed by atoms with Gasteiger partial charge in [-0.05, 0) is 48.4 Å². The highest BCUT2D eigenvalue weighted by molar-refractivity contribution is 6.46. The van der Waals surface area contributed by atoms with Crippen LogP contribution in [0.4, 0.5) is 4.39 Å². The van der Waals surface area contributed by atoms with Crippen molar-refractivity contribution in [2.75, 3.05) is 0 Å². The number of nitrogens with zero attached hydrogens (tertiary/aromatic N) is 4. The quantitative estimate of drug-likeness (QED) is 0.268. The highest BCUT2D eigenvalue weighted by Gasteiger charge is 2.46. The van der Waals surface area contributed by atoms with E-state index in [2.05, 4.69) is 10.1 Å². The second kappa shape index (κ2) is 8.98. The summed E-state index contributed by atoms with van der Waals surface area (Å²) >= 11 is 0. The Morgan fingerprint density at radius 2 is 1.74 bits per heavy atom. The molecule has 1 saturated heterocycles. The molecule has 1 aliphatic heterocycles. The molecule has 1 N–H and O–H groups in total. The molecule has 0 radical (unpaired) electrons. The number of likely N-dealkylation sites (tertiary alicyclic amines) is 1. The largest absolute Gasteiger partial charge is 0.507 e. The predicted octanol–water partition coefficient (Wildman–Crippen LogP) is 4.34. The van der Waals surface area contributed by atoms with Crippen molar-refractivity contribution in [3.63, 3.8) is 0 Å². The fourth-order valence-electron chi connectivity index (χ4n) is 4.34. The summed E-state index contributed by atoms with van der Waals surface area (Å²) in [5.41, 5.74) is 2.88. The third-order valence-electron chi connectivity index (χ3n) is 6.07. The Morgan fingerprint density at radius 1 is 1.00 bits per heavy atom. The number of benzene rings is 2. The number of ketones is 1. The Kier molecular flexibility index (Phi) is 5.70. The lowest BCUT2D eigenvalue weighted by molar-refractivity contribution is -0.140. The summed E-state index contributed by atoms with van der Waals surface area (Å²) in [5.74, 6) is -2.34. The Balaban J connectivity index is 1.64. The van der Waals surface area contributed by atoms with Crippen LogP contribution in [0.15, 0.2) is 90.9 Å². The first-order chi connectivity index (χ1) is 17.0. The van der Waals surface area contributed by atoms with E-state index in [1.54, 1.807) is 36.1 Å². The average Bonchev–Trinajstić information content (AvgIpc) is 3.38. The van der Waals surface area contributed by atoms with Crippen LogP contribution < -0.4 is 0 Å². The molecule has 5 rings (SSSR count).